The maximum Gasteiger partial charge on any atom is 0.391 e. The van der Waals surface area contributed by atoms with E-state index in [1.165, 1.54) is 0 Å². The quantitative estimate of drug-likeness (QED) is 0.322. The van der Waals surface area contributed by atoms with Gasteiger partial charge >= 0.3 is 5.03 Å². The van der Waals surface area contributed by atoms with Crippen LogP contribution in [-0.2, 0) is 0 Å². The predicted molar refractivity (Wildman–Crippen MR) is 105 cm³/mol. The van der Waals surface area contributed by atoms with Gasteiger partial charge in [-0.25, -0.2) is 9.95 Å². The van der Waals surface area contributed by atoms with Gasteiger partial charge < -0.3 is 5.73 Å². The van der Waals surface area contributed by atoms with Crippen LogP contribution in [0.5, 0.6) is 0 Å². The van der Waals surface area contributed by atoms with Gasteiger partial charge in [0.1, 0.15) is 10.0 Å². The van der Waals surface area contributed by atoms with Crippen molar-refractivity contribution in [3.05, 3.63) is 95.9 Å². The molecule has 0 aliphatic carbocycles. The molecule has 6 nitrogen and oxygen atoms in total. The first-order valence-electron chi connectivity index (χ1n) is 7.92. The van der Waals surface area contributed by atoms with E-state index in [4.69, 9.17) is 15.7 Å². The molecular weight excluding hydrogens is 347 g/mol. The second-order valence-corrected chi connectivity index (χ2v) is 8.47. The summed E-state index contributed by atoms with van der Waals surface area (Å²) in [4.78, 5) is 10.9. The number of nitrogens with zero attached hydrogens (tertiary/aromatic N) is 3. The fraction of sp³-hybridized carbons (Fsp3) is 0. The van der Waals surface area contributed by atoms with E-state index in [0.29, 0.717) is 0 Å². The van der Waals surface area contributed by atoms with Crippen molar-refractivity contribution in [2.75, 3.05) is 0 Å². The lowest BCUT2D eigenvalue weighted by Gasteiger charge is -2.26. The lowest BCUT2D eigenvalue weighted by atomic mass is 10.4. The van der Waals surface area contributed by atoms with Crippen molar-refractivity contribution in [3.63, 3.8) is 0 Å². The molecule has 3 rings (SSSR count). The smallest absolute Gasteiger partial charge is 0.363 e. The molecular formula is C19H18N4O2P+. The van der Waals surface area contributed by atoms with Crippen LogP contribution in [0.25, 0.3) is 0 Å². The average Bonchev–Trinajstić information content (AvgIpc) is 2.67. The molecule has 0 atom stereocenters. The maximum atomic E-state index is 10.9. The van der Waals surface area contributed by atoms with Crippen LogP contribution in [0.4, 0.5) is 0 Å². The topological polar surface area (TPSA) is 91.0 Å². The number of nitrogens with two attached hydrogens (primary N) is 1. The molecule has 26 heavy (non-hydrogen) atoms. The maximum absolute atomic E-state index is 10.9. The van der Waals surface area contributed by atoms with Crippen LogP contribution in [0, 0.1) is 4.91 Å². The Balaban J connectivity index is 2.44. The molecule has 0 amide bonds. The van der Waals surface area contributed by atoms with Crippen LogP contribution in [0.1, 0.15) is 0 Å². The van der Waals surface area contributed by atoms with Crippen LogP contribution < -0.4 is 21.6 Å². The number of benzene rings is 3. The highest BCUT2D eigenvalue weighted by Crippen LogP contribution is 2.46. The van der Waals surface area contributed by atoms with Crippen molar-refractivity contribution >= 4 is 28.9 Å². The minimum absolute atomic E-state index is 0.285. The Morgan fingerprint density at radius 2 is 1.12 bits per heavy atom. The Labute approximate surface area is 151 Å². The van der Waals surface area contributed by atoms with Crippen molar-refractivity contribution in [3.8, 4) is 0 Å². The van der Waals surface area contributed by atoms with E-state index in [0.717, 1.165) is 15.9 Å². The third kappa shape index (κ3) is 3.55. The summed E-state index contributed by atoms with van der Waals surface area (Å²) >= 11 is 0. The molecule has 0 saturated heterocycles. The van der Waals surface area contributed by atoms with E-state index < -0.39 is 12.1 Å². The van der Waals surface area contributed by atoms with Gasteiger partial charge in [-0.1, -0.05) is 91.0 Å². The zero-order valence-corrected chi connectivity index (χ0v) is 14.8. The standard InChI is InChI=1S/C19H18N4O2P/c20-19(21-23(24)25)22-26(16-10-4-1-5-11-16,17-12-6-2-7-13-17)18-14-8-3-9-15-18/h1-15H,(H2,20,21)(H,24,25)/q+1. The molecule has 0 spiro atoms. The third-order valence-electron chi connectivity index (χ3n) is 3.83. The van der Waals surface area contributed by atoms with Gasteiger partial charge in [-0.3, -0.25) is 0 Å². The SMILES string of the molecule is N/C(N=P(c1ccccc1)(c1ccccc1)c1ccccc1)=N\[N+](=O)O. The fourth-order valence-electron chi connectivity index (χ4n) is 2.81. The predicted octanol–water partition coefficient (Wildman–Crippen LogP) is 2.56. The number of hydrogen-bond acceptors (Lipinski definition) is 1. The Bertz CT molecular complexity index is 871. The Morgan fingerprint density at radius 3 is 1.42 bits per heavy atom. The van der Waals surface area contributed by atoms with E-state index >= 15 is 0 Å². The molecule has 0 aliphatic heterocycles. The Morgan fingerprint density at radius 1 is 0.769 bits per heavy atom. The molecule has 7 heteroatoms. The summed E-state index contributed by atoms with van der Waals surface area (Å²) < 4.78 is 4.70. The van der Waals surface area contributed by atoms with Crippen LogP contribution in [0.15, 0.2) is 101 Å². The van der Waals surface area contributed by atoms with Crippen molar-refractivity contribution in [2.45, 2.75) is 0 Å². The molecule has 0 radical (unpaired) electrons. The van der Waals surface area contributed by atoms with E-state index in [-0.39, 0.29) is 5.96 Å². The zero-order chi connectivity index (χ0) is 18.4. The summed E-state index contributed by atoms with van der Waals surface area (Å²) in [5.41, 5.74) is 5.88. The van der Waals surface area contributed by atoms with Crippen molar-refractivity contribution in [1.82, 2.24) is 0 Å². The summed E-state index contributed by atoms with van der Waals surface area (Å²) in [7, 11) is -2.57. The van der Waals surface area contributed by atoms with E-state index in [9.17, 15) is 4.91 Å². The summed E-state index contributed by atoms with van der Waals surface area (Å²) in [6, 6.07) is 29.3. The first-order chi connectivity index (χ1) is 12.6. The van der Waals surface area contributed by atoms with Gasteiger partial charge in [0.05, 0.1) is 7.05 Å². The minimum atomic E-state index is -2.57. The number of hydrazone groups is 1. The summed E-state index contributed by atoms with van der Waals surface area (Å²) in [6.07, 6.45) is 0. The number of hydrogen-bond donors (Lipinski definition) is 2. The molecule has 0 saturated carbocycles. The molecule has 3 aromatic carbocycles. The van der Waals surface area contributed by atoms with E-state index in [2.05, 4.69) is 5.10 Å². The molecule has 0 aliphatic rings. The normalized spacial score (nSPS) is 11.8. The largest absolute Gasteiger partial charge is 0.391 e. The van der Waals surface area contributed by atoms with Crippen molar-refractivity contribution in [1.29, 1.82) is 0 Å². The molecule has 3 N–H and O–H groups in total. The van der Waals surface area contributed by atoms with Crippen LogP contribution in [0.3, 0.4) is 0 Å². The average molecular weight is 365 g/mol. The molecule has 0 unspecified atom stereocenters. The Hall–Kier alpha value is -3.24. The number of guanidine groups is 1. The van der Waals surface area contributed by atoms with Gasteiger partial charge in [0, 0.05) is 15.9 Å². The fourth-order valence-corrected chi connectivity index (χ4v) is 6.21. The molecule has 0 bridgehead atoms. The summed E-state index contributed by atoms with van der Waals surface area (Å²) in [5.74, 6) is -0.285. The Kier molecular flexibility index (Phi) is 5.25. The van der Waals surface area contributed by atoms with Gasteiger partial charge in [0.25, 0.3) is 5.96 Å². The van der Waals surface area contributed by atoms with Gasteiger partial charge in [-0.05, 0) is 0 Å². The van der Waals surface area contributed by atoms with Crippen LogP contribution in [0.2, 0.25) is 0 Å². The van der Waals surface area contributed by atoms with Crippen LogP contribution >= 0.6 is 7.05 Å². The van der Waals surface area contributed by atoms with Gasteiger partial charge in [-0.15, -0.1) is 0 Å². The second kappa shape index (κ2) is 7.76. The molecule has 130 valence electrons. The first kappa shape index (κ1) is 17.6. The lowest BCUT2D eigenvalue weighted by Crippen LogP contribution is -2.27. The zero-order valence-electron chi connectivity index (χ0n) is 13.9. The highest BCUT2D eigenvalue weighted by molar-refractivity contribution is 7.87. The summed E-state index contributed by atoms with van der Waals surface area (Å²) in [5, 5.41) is 14.5. The van der Waals surface area contributed by atoms with Gasteiger partial charge in [0.15, 0.2) is 0 Å². The summed E-state index contributed by atoms with van der Waals surface area (Å²) in [6.45, 7) is 0. The monoisotopic (exact) mass is 365 g/mol. The second-order valence-electron chi connectivity index (χ2n) is 5.45. The lowest BCUT2D eigenvalue weighted by molar-refractivity contribution is -0.796. The van der Waals surface area contributed by atoms with E-state index in [1.54, 1.807) is 0 Å². The highest BCUT2D eigenvalue weighted by Gasteiger charge is 2.28. The van der Waals surface area contributed by atoms with Crippen molar-refractivity contribution in [2.24, 2.45) is 15.6 Å². The molecule has 0 aromatic heterocycles. The minimum Gasteiger partial charge on any atom is -0.363 e. The van der Waals surface area contributed by atoms with Gasteiger partial charge in [0.2, 0.25) is 0 Å². The number of rotatable bonds is 4. The molecule has 3 aromatic rings. The highest BCUT2D eigenvalue weighted by atomic mass is 31.2. The third-order valence-corrected chi connectivity index (χ3v) is 7.47. The van der Waals surface area contributed by atoms with Crippen LogP contribution in [-0.4, -0.2) is 16.2 Å². The van der Waals surface area contributed by atoms with E-state index in [1.807, 2.05) is 91.0 Å². The first-order valence-corrected chi connectivity index (χ1v) is 9.66. The molecule has 0 fully saturated rings. The van der Waals surface area contributed by atoms with Crippen molar-refractivity contribution < 1.29 is 10.2 Å². The molecule has 0 heterocycles. The van der Waals surface area contributed by atoms with Gasteiger partial charge in [-0.2, -0.15) is 0 Å².